The van der Waals surface area contributed by atoms with Gasteiger partial charge in [-0.2, -0.15) is 0 Å². The van der Waals surface area contributed by atoms with Crippen molar-refractivity contribution < 1.29 is 0 Å². The van der Waals surface area contributed by atoms with Crippen LogP contribution in [0, 0.1) is 0 Å². The molecule has 2 N–H and O–H groups in total. The molecule has 80 valence electrons. The lowest BCUT2D eigenvalue weighted by Crippen LogP contribution is -2.38. The maximum atomic E-state index is 4.34. The Morgan fingerprint density at radius 3 is 3.27 bits per heavy atom. The van der Waals surface area contributed by atoms with Gasteiger partial charge >= 0.3 is 0 Å². The summed E-state index contributed by atoms with van der Waals surface area (Å²) in [5.41, 5.74) is 7.91. The van der Waals surface area contributed by atoms with Crippen molar-refractivity contribution in [3.8, 4) is 0 Å². The number of aromatic nitrogens is 2. The zero-order valence-electron chi connectivity index (χ0n) is 8.26. The van der Waals surface area contributed by atoms with Gasteiger partial charge in [-0.3, -0.25) is 14.9 Å². The van der Waals surface area contributed by atoms with E-state index in [4.69, 9.17) is 0 Å². The molecule has 0 aliphatic carbocycles. The third-order valence-corrected chi connectivity index (χ3v) is 3.90. The Kier molecular flexibility index (Phi) is 2.57. The average molecular weight is 223 g/mol. The van der Waals surface area contributed by atoms with E-state index in [9.17, 15) is 0 Å². The molecule has 0 spiro atoms. The molecule has 0 unspecified atom stereocenters. The Balaban J connectivity index is 1.82. The maximum Gasteiger partial charge on any atom is 0.122 e. The van der Waals surface area contributed by atoms with E-state index in [2.05, 4.69) is 25.7 Å². The van der Waals surface area contributed by atoms with Crippen molar-refractivity contribution in [1.82, 2.24) is 25.7 Å². The number of thioether (sulfide) groups is 1. The minimum absolute atomic E-state index is 0.163. The lowest BCUT2D eigenvalue weighted by Gasteiger charge is -2.30. The van der Waals surface area contributed by atoms with Crippen LogP contribution < -0.4 is 10.9 Å². The standard InChI is InChI=1S/C9H13N5S/c1-4-14-8(7-6-10-2-3-11-7)12-13-9(14)15-5-1/h2-3,6,8-9,12-13H,1,4-5H2/t8-,9+/m0/s1. The van der Waals surface area contributed by atoms with Crippen LogP contribution in [0.4, 0.5) is 0 Å². The Morgan fingerprint density at radius 1 is 1.40 bits per heavy atom. The molecule has 15 heavy (non-hydrogen) atoms. The van der Waals surface area contributed by atoms with Crippen molar-refractivity contribution in [3.05, 3.63) is 24.3 Å². The molecule has 2 fully saturated rings. The van der Waals surface area contributed by atoms with Gasteiger partial charge in [-0.25, -0.2) is 10.9 Å². The number of rotatable bonds is 1. The third kappa shape index (κ3) is 1.74. The number of nitrogens with zero attached hydrogens (tertiary/aromatic N) is 3. The molecule has 2 aliphatic heterocycles. The number of hydrogen-bond donors (Lipinski definition) is 2. The fraction of sp³-hybridized carbons (Fsp3) is 0.556. The van der Waals surface area contributed by atoms with E-state index >= 15 is 0 Å². The molecule has 2 atom stereocenters. The Labute approximate surface area is 92.6 Å². The molecule has 3 heterocycles. The van der Waals surface area contributed by atoms with E-state index in [0.29, 0.717) is 5.50 Å². The van der Waals surface area contributed by atoms with Crippen LogP contribution in [0.5, 0.6) is 0 Å². The summed E-state index contributed by atoms with van der Waals surface area (Å²) < 4.78 is 0. The highest BCUT2D eigenvalue weighted by molar-refractivity contribution is 7.99. The minimum Gasteiger partial charge on any atom is -0.261 e. The molecule has 3 rings (SSSR count). The smallest absolute Gasteiger partial charge is 0.122 e. The highest BCUT2D eigenvalue weighted by atomic mass is 32.2. The highest BCUT2D eigenvalue weighted by Gasteiger charge is 2.36. The molecule has 0 aromatic carbocycles. The second-order valence-electron chi connectivity index (χ2n) is 3.64. The largest absolute Gasteiger partial charge is 0.261 e. The van der Waals surface area contributed by atoms with Gasteiger partial charge in [0.25, 0.3) is 0 Å². The van der Waals surface area contributed by atoms with Crippen LogP contribution in [0.2, 0.25) is 0 Å². The first-order valence-electron chi connectivity index (χ1n) is 5.09. The summed E-state index contributed by atoms with van der Waals surface area (Å²) in [4.78, 5) is 10.8. The van der Waals surface area contributed by atoms with Gasteiger partial charge in [-0.05, 0) is 12.2 Å². The molecular formula is C9H13N5S. The van der Waals surface area contributed by atoms with E-state index in [1.54, 1.807) is 12.4 Å². The number of hydrazine groups is 1. The van der Waals surface area contributed by atoms with Crippen molar-refractivity contribution in [2.45, 2.75) is 18.1 Å². The minimum atomic E-state index is 0.163. The summed E-state index contributed by atoms with van der Waals surface area (Å²) in [6.07, 6.45) is 6.66. The predicted octanol–water partition coefficient (Wildman–Crippen LogP) is 0.305. The van der Waals surface area contributed by atoms with Crippen LogP contribution in [0.3, 0.4) is 0 Å². The van der Waals surface area contributed by atoms with Crippen molar-refractivity contribution in [2.24, 2.45) is 0 Å². The first-order chi connectivity index (χ1) is 7.45. The fourth-order valence-electron chi connectivity index (χ4n) is 1.97. The third-order valence-electron chi connectivity index (χ3n) is 2.68. The molecule has 1 aromatic rings. The van der Waals surface area contributed by atoms with Gasteiger partial charge in [-0.1, -0.05) is 0 Å². The molecule has 1 aromatic heterocycles. The summed E-state index contributed by atoms with van der Waals surface area (Å²) in [6, 6.07) is 0. The van der Waals surface area contributed by atoms with Crippen LogP contribution in [-0.4, -0.2) is 32.7 Å². The lowest BCUT2D eigenvalue weighted by molar-refractivity contribution is 0.219. The predicted molar refractivity (Wildman–Crippen MR) is 58.6 cm³/mol. The van der Waals surface area contributed by atoms with Gasteiger partial charge in [0.15, 0.2) is 0 Å². The summed E-state index contributed by atoms with van der Waals surface area (Å²) in [5, 5.41) is 0. The van der Waals surface area contributed by atoms with Crippen molar-refractivity contribution in [1.29, 1.82) is 0 Å². The first kappa shape index (κ1) is 9.53. The van der Waals surface area contributed by atoms with E-state index in [1.165, 1.54) is 12.2 Å². The Hall–Kier alpha value is -0.690. The van der Waals surface area contributed by atoms with Gasteiger partial charge in [0.2, 0.25) is 0 Å². The van der Waals surface area contributed by atoms with E-state index in [0.717, 1.165) is 12.2 Å². The topological polar surface area (TPSA) is 53.1 Å². The average Bonchev–Trinajstić information content (AvgIpc) is 2.74. The normalized spacial score (nSPS) is 31.5. The zero-order valence-corrected chi connectivity index (χ0v) is 9.07. The van der Waals surface area contributed by atoms with Crippen LogP contribution in [0.1, 0.15) is 18.3 Å². The van der Waals surface area contributed by atoms with Crippen LogP contribution in [0.15, 0.2) is 18.6 Å². The summed E-state index contributed by atoms with van der Waals surface area (Å²) in [7, 11) is 0. The van der Waals surface area contributed by atoms with Gasteiger partial charge < -0.3 is 0 Å². The van der Waals surface area contributed by atoms with Crippen molar-refractivity contribution in [3.63, 3.8) is 0 Å². The molecule has 2 saturated heterocycles. The summed E-state index contributed by atoms with van der Waals surface area (Å²) >= 11 is 1.94. The van der Waals surface area contributed by atoms with Gasteiger partial charge in [-0.15, -0.1) is 11.8 Å². The highest BCUT2D eigenvalue weighted by Crippen LogP contribution is 2.30. The molecule has 0 radical (unpaired) electrons. The number of nitrogens with one attached hydrogen (secondary N) is 2. The molecule has 0 bridgehead atoms. The van der Waals surface area contributed by atoms with Crippen LogP contribution >= 0.6 is 11.8 Å². The van der Waals surface area contributed by atoms with Gasteiger partial charge in [0.05, 0.1) is 11.9 Å². The monoisotopic (exact) mass is 223 g/mol. The van der Waals surface area contributed by atoms with Gasteiger partial charge in [0, 0.05) is 18.9 Å². The van der Waals surface area contributed by atoms with Crippen LogP contribution in [-0.2, 0) is 0 Å². The maximum absolute atomic E-state index is 4.34. The number of fused-ring (bicyclic) bond motifs is 1. The second-order valence-corrected chi connectivity index (χ2v) is 4.82. The molecule has 5 nitrogen and oxygen atoms in total. The number of hydrogen-bond acceptors (Lipinski definition) is 6. The van der Waals surface area contributed by atoms with E-state index in [1.807, 2.05) is 18.0 Å². The quantitative estimate of drug-likeness (QED) is 0.714. The molecule has 6 heteroatoms. The summed E-state index contributed by atoms with van der Waals surface area (Å²) in [6.45, 7) is 1.11. The first-order valence-corrected chi connectivity index (χ1v) is 6.14. The van der Waals surface area contributed by atoms with E-state index in [-0.39, 0.29) is 6.17 Å². The Morgan fingerprint density at radius 2 is 2.40 bits per heavy atom. The van der Waals surface area contributed by atoms with Crippen LogP contribution in [0.25, 0.3) is 0 Å². The van der Waals surface area contributed by atoms with Gasteiger partial charge in [0.1, 0.15) is 11.7 Å². The second kappa shape index (κ2) is 4.05. The Bertz CT molecular complexity index is 333. The molecule has 0 amide bonds. The molecular weight excluding hydrogens is 210 g/mol. The van der Waals surface area contributed by atoms with Crippen molar-refractivity contribution >= 4 is 11.8 Å². The molecule has 0 saturated carbocycles. The molecule has 2 aliphatic rings. The summed E-state index contributed by atoms with van der Waals surface area (Å²) in [5.74, 6) is 1.23. The zero-order chi connectivity index (χ0) is 10.1. The fourth-order valence-corrected chi connectivity index (χ4v) is 3.06. The SMILES string of the molecule is c1cnc([C@H]2NN[C@H]3SCCCN23)cn1. The van der Waals surface area contributed by atoms with Crippen molar-refractivity contribution in [2.75, 3.05) is 12.3 Å². The van der Waals surface area contributed by atoms with E-state index < -0.39 is 0 Å². The lowest BCUT2D eigenvalue weighted by atomic mass is 10.3.